The largest absolute Gasteiger partial charge is 0.484 e. The highest BCUT2D eigenvalue weighted by molar-refractivity contribution is 6.04. The average molecular weight is 348 g/mol. The molecule has 3 aromatic rings. The molecular weight excluding hydrogens is 328 g/mol. The van der Waals surface area contributed by atoms with Crippen LogP contribution in [0.1, 0.15) is 17.3 Å². The second-order valence-corrected chi connectivity index (χ2v) is 5.81. The van der Waals surface area contributed by atoms with Crippen molar-refractivity contribution in [3.8, 4) is 5.75 Å². The average Bonchev–Trinajstić information content (AvgIpc) is 2.67. The number of amides is 2. The number of fused-ring (bicyclic) bond motifs is 1. The highest BCUT2D eigenvalue weighted by Gasteiger charge is 2.16. The first-order chi connectivity index (χ1) is 12.6. The summed E-state index contributed by atoms with van der Waals surface area (Å²) in [6.07, 6.45) is 0. The summed E-state index contributed by atoms with van der Waals surface area (Å²) >= 11 is 0. The van der Waals surface area contributed by atoms with Gasteiger partial charge in [-0.15, -0.1) is 0 Å². The van der Waals surface area contributed by atoms with E-state index in [9.17, 15) is 9.59 Å². The first-order valence-electron chi connectivity index (χ1n) is 8.41. The second kappa shape index (κ2) is 7.70. The molecular formula is C21H20N2O3. The van der Waals surface area contributed by atoms with Crippen LogP contribution >= 0.6 is 0 Å². The molecule has 3 aromatic carbocycles. The number of carbonyl (C=O) groups is 2. The molecule has 0 unspecified atom stereocenters. The second-order valence-electron chi connectivity index (χ2n) is 5.81. The molecule has 132 valence electrons. The zero-order valence-electron chi connectivity index (χ0n) is 14.5. The van der Waals surface area contributed by atoms with Crippen molar-refractivity contribution < 1.29 is 14.3 Å². The van der Waals surface area contributed by atoms with Crippen molar-refractivity contribution in [2.24, 2.45) is 5.73 Å². The summed E-state index contributed by atoms with van der Waals surface area (Å²) in [6.45, 7) is 2.38. The predicted octanol–water partition coefficient (Wildman–Crippen LogP) is 3.37. The third-order valence-electron chi connectivity index (χ3n) is 4.18. The van der Waals surface area contributed by atoms with E-state index in [1.54, 1.807) is 29.2 Å². The topological polar surface area (TPSA) is 72.6 Å². The maximum absolute atomic E-state index is 12.7. The molecule has 0 aliphatic carbocycles. The van der Waals surface area contributed by atoms with Gasteiger partial charge in [-0.25, -0.2) is 0 Å². The normalized spacial score (nSPS) is 10.5. The van der Waals surface area contributed by atoms with Gasteiger partial charge in [0.25, 0.3) is 5.91 Å². The molecule has 0 heterocycles. The van der Waals surface area contributed by atoms with Crippen LogP contribution in [0.15, 0.2) is 66.7 Å². The number of hydrogen-bond donors (Lipinski definition) is 1. The maximum atomic E-state index is 12.7. The molecule has 5 heteroatoms. The van der Waals surface area contributed by atoms with Gasteiger partial charge in [-0.1, -0.05) is 36.4 Å². The lowest BCUT2D eigenvalue weighted by Crippen LogP contribution is -2.34. The molecule has 0 aliphatic heterocycles. The summed E-state index contributed by atoms with van der Waals surface area (Å²) in [7, 11) is 0. The Kier molecular flexibility index (Phi) is 5.17. The molecule has 0 radical (unpaired) electrons. The molecule has 0 aromatic heterocycles. The molecule has 0 atom stereocenters. The molecule has 0 bridgehead atoms. The monoisotopic (exact) mass is 348 g/mol. The van der Waals surface area contributed by atoms with Gasteiger partial charge in [0.2, 0.25) is 5.91 Å². The number of likely N-dealkylation sites (N-methyl/N-ethyl adjacent to an activating group) is 1. The Morgan fingerprint density at radius 1 is 0.962 bits per heavy atom. The highest BCUT2D eigenvalue weighted by Crippen LogP contribution is 2.26. The van der Waals surface area contributed by atoms with Crippen LogP contribution in [0, 0.1) is 0 Å². The van der Waals surface area contributed by atoms with E-state index in [2.05, 4.69) is 0 Å². The number of anilines is 1. The minimum absolute atomic E-state index is 0.0903. The summed E-state index contributed by atoms with van der Waals surface area (Å²) < 4.78 is 5.58. The minimum atomic E-state index is -0.499. The number of hydrogen-bond acceptors (Lipinski definition) is 3. The number of rotatable bonds is 6. The minimum Gasteiger partial charge on any atom is -0.484 e. The number of benzene rings is 3. The summed E-state index contributed by atoms with van der Waals surface area (Å²) in [5.41, 5.74) is 6.47. The van der Waals surface area contributed by atoms with Gasteiger partial charge in [0.15, 0.2) is 6.61 Å². The van der Waals surface area contributed by atoms with Crippen LogP contribution in [0.2, 0.25) is 0 Å². The standard InChI is InChI=1S/C21H20N2O3/c1-2-23(19-9-5-7-15-6-3-4-8-18(15)19)20(24)14-26-17-12-10-16(11-13-17)21(22)25/h3-13H,2,14H2,1H3,(H2,22,25). The third-order valence-corrected chi connectivity index (χ3v) is 4.18. The lowest BCUT2D eigenvalue weighted by molar-refractivity contribution is -0.120. The molecule has 0 spiro atoms. The predicted molar refractivity (Wildman–Crippen MR) is 102 cm³/mol. The summed E-state index contributed by atoms with van der Waals surface area (Å²) in [4.78, 5) is 25.5. The highest BCUT2D eigenvalue weighted by atomic mass is 16.5. The molecule has 3 rings (SSSR count). The van der Waals surface area contributed by atoms with Crippen LogP contribution < -0.4 is 15.4 Å². The van der Waals surface area contributed by atoms with Crippen molar-refractivity contribution in [2.75, 3.05) is 18.1 Å². The molecule has 2 N–H and O–H groups in total. The number of carbonyl (C=O) groups excluding carboxylic acids is 2. The first kappa shape index (κ1) is 17.5. The van der Waals surface area contributed by atoms with E-state index < -0.39 is 5.91 Å². The van der Waals surface area contributed by atoms with Crippen molar-refractivity contribution in [1.29, 1.82) is 0 Å². The quantitative estimate of drug-likeness (QED) is 0.742. The number of nitrogens with two attached hydrogens (primary N) is 1. The van der Waals surface area contributed by atoms with Gasteiger partial charge in [-0.05, 0) is 42.6 Å². The van der Waals surface area contributed by atoms with Crippen LogP contribution in [0.25, 0.3) is 10.8 Å². The zero-order valence-corrected chi connectivity index (χ0v) is 14.5. The lowest BCUT2D eigenvalue weighted by atomic mass is 10.1. The molecule has 5 nitrogen and oxygen atoms in total. The fraction of sp³-hybridized carbons (Fsp3) is 0.143. The molecule has 0 fully saturated rings. The Morgan fingerprint density at radius 2 is 1.65 bits per heavy atom. The molecule has 2 amide bonds. The number of primary amides is 1. The van der Waals surface area contributed by atoms with Crippen molar-refractivity contribution >= 4 is 28.3 Å². The third kappa shape index (κ3) is 3.67. The molecule has 0 saturated carbocycles. The Labute approximate surface area is 152 Å². The van der Waals surface area contributed by atoms with Gasteiger partial charge in [-0.3, -0.25) is 9.59 Å². The fourth-order valence-electron chi connectivity index (χ4n) is 2.86. The van der Waals surface area contributed by atoms with E-state index in [1.807, 2.05) is 49.4 Å². The van der Waals surface area contributed by atoms with Gasteiger partial charge in [-0.2, -0.15) is 0 Å². The molecule has 0 saturated heterocycles. The smallest absolute Gasteiger partial charge is 0.264 e. The van der Waals surface area contributed by atoms with Crippen molar-refractivity contribution in [3.63, 3.8) is 0 Å². The van der Waals surface area contributed by atoms with E-state index in [4.69, 9.17) is 10.5 Å². The van der Waals surface area contributed by atoms with Gasteiger partial charge < -0.3 is 15.4 Å². The van der Waals surface area contributed by atoms with Gasteiger partial charge in [0.05, 0.1) is 5.69 Å². The Hall–Kier alpha value is -3.34. The van der Waals surface area contributed by atoms with Crippen LogP contribution in [0.5, 0.6) is 5.75 Å². The van der Waals surface area contributed by atoms with Crippen LogP contribution in [0.4, 0.5) is 5.69 Å². The Bertz CT molecular complexity index is 930. The zero-order chi connectivity index (χ0) is 18.5. The summed E-state index contributed by atoms with van der Waals surface area (Å²) in [5.74, 6) is -0.124. The van der Waals surface area contributed by atoms with Crippen LogP contribution in [-0.4, -0.2) is 25.0 Å². The van der Waals surface area contributed by atoms with Gasteiger partial charge >= 0.3 is 0 Å². The summed E-state index contributed by atoms with van der Waals surface area (Å²) in [6, 6.07) is 20.3. The van der Waals surface area contributed by atoms with E-state index >= 15 is 0 Å². The summed E-state index contributed by atoms with van der Waals surface area (Å²) in [5, 5.41) is 2.11. The lowest BCUT2D eigenvalue weighted by Gasteiger charge is -2.23. The van der Waals surface area contributed by atoms with Gasteiger partial charge in [0, 0.05) is 17.5 Å². The first-order valence-corrected chi connectivity index (χ1v) is 8.41. The van der Waals surface area contributed by atoms with Crippen LogP contribution in [-0.2, 0) is 4.79 Å². The van der Waals surface area contributed by atoms with Crippen molar-refractivity contribution in [3.05, 3.63) is 72.3 Å². The van der Waals surface area contributed by atoms with Gasteiger partial charge in [0.1, 0.15) is 5.75 Å². The van der Waals surface area contributed by atoms with E-state index in [0.717, 1.165) is 16.5 Å². The van der Waals surface area contributed by atoms with Crippen molar-refractivity contribution in [2.45, 2.75) is 6.92 Å². The maximum Gasteiger partial charge on any atom is 0.264 e. The Balaban J connectivity index is 1.75. The van der Waals surface area contributed by atoms with E-state index in [1.165, 1.54) is 0 Å². The SMILES string of the molecule is CCN(C(=O)COc1ccc(C(N)=O)cc1)c1cccc2ccccc12. The van der Waals surface area contributed by atoms with Crippen LogP contribution in [0.3, 0.4) is 0 Å². The van der Waals surface area contributed by atoms with E-state index in [0.29, 0.717) is 17.9 Å². The number of nitrogens with zero attached hydrogens (tertiary/aromatic N) is 1. The van der Waals surface area contributed by atoms with Crippen molar-refractivity contribution in [1.82, 2.24) is 0 Å². The molecule has 26 heavy (non-hydrogen) atoms. The molecule has 0 aliphatic rings. The fourth-order valence-corrected chi connectivity index (χ4v) is 2.86. The Morgan fingerprint density at radius 3 is 2.35 bits per heavy atom. The number of ether oxygens (including phenoxy) is 1. The van der Waals surface area contributed by atoms with E-state index in [-0.39, 0.29) is 12.5 Å².